The van der Waals surface area contributed by atoms with Crippen molar-refractivity contribution >= 4 is 17.7 Å². The maximum absolute atomic E-state index is 11.7. The minimum Gasteiger partial charge on any atom is -0.356 e. The van der Waals surface area contributed by atoms with E-state index in [1.54, 1.807) is 11.8 Å². The van der Waals surface area contributed by atoms with Gasteiger partial charge in [0.05, 0.1) is 0 Å². The molecule has 0 unspecified atom stereocenters. The predicted molar refractivity (Wildman–Crippen MR) is 77.3 cm³/mol. The van der Waals surface area contributed by atoms with Crippen molar-refractivity contribution in [2.24, 2.45) is 5.92 Å². The summed E-state index contributed by atoms with van der Waals surface area (Å²) in [6.07, 6.45) is 5.75. The van der Waals surface area contributed by atoms with Crippen LogP contribution in [0.15, 0.2) is 5.16 Å². The van der Waals surface area contributed by atoms with Crippen molar-refractivity contribution in [1.29, 1.82) is 0 Å². The smallest absolute Gasteiger partial charge is 0.220 e. The van der Waals surface area contributed by atoms with E-state index in [0.29, 0.717) is 6.42 Å². The third kappa shape index (κ3) is 4.20. The number of hydrogen-bond acceptors (Lipinski definition) is 4. The Morgan fingerprint density at radius 1 is 1.32 bits per heavy atom. The molecule has 19 heavy (non-hydrogen) atoms. The second-order valence-corrected chi connectivity index (χ2v) is 5.88. The SMILES string of the molecule is CSc1nc(C)c(CCC(=O)NCC2CC2)c(C)n1. The van der Waals surface area contributed by atoms with Gasteiger partial charge in [0.15, 0.2) is 5.16 Å². The summed E-state index contributed by atoms with van der Waals surface area (Å²) in [5.41, 5.74) is 3.10. The number of nitrogens with one attached hydrogen (secondary N) is 1. The molecule has 1 heterocycles. The van der Waals surface area contributed by atoms with Crippen LogP contribution < -0.4 is 5.32 Å². The van der Waals surface area contributed by atoms with Crippen molar-refractivity contribution in [1.82, 2.24) is 15.3 Å². The number of rotatable bonds is 6. The van der Waals surface area contributed by atoms with E-state index in [1.165, 1.54) is 12.8 Å². The topological polar surface area (TPSA) is 54.9 Å². The summed E-state index contributed by atoms with van der Waals surface area (Å²) in [6, 6.07) is 0. The fourth-order valence-electron chi connectivity index (χ4n) is 2.07. The Kier molecular flexibility index (Phi) is 4.80. The summed E-state index contributed by atoms with van der Waals surface area (Å²) < 4.78 is 0. The van der Waals surface area contributed by atoms with Crippen LogP contribution >= 0.6 is 11.8 Å². The molecule has 0 radical (unpaired) electrons. The molecule has 1 N–H and O–H groups in total. The second-order valence-electron chi connectivity index (χ2n) is 5.11. The fourth-order valence-corrected chi connectivity index (χ4v) is 2.53. The molecule has 1 fully saturated rings. The maximum atomic E-state index is 11.7. The van der Waals surface area contributed by atoms with E-state index < -0.39 is 0 Å². The molecule has 1 aliphatic rings. The minimum absolute atomic E-state index is 0.139. The Morgan fingerprint density at radius 3 is 2.47 bits per heavy atom. The van der Waals surface area contributed by atoms with Crippen LogP contribution in [0.2, 0.25) is 0 Å². The van der Waals surface area contributed by atoms with Gasteiger partial charge >= 0.3 is 0 Å². The van der Waals surface area contributed by atoms with Crippen molar-refractivity contribution in [3.8, 4) is 0 Å². The van der Waals surface area contributed by atoms with Crippen molar-refractivity contribution in [2.75, 3.05) is 12.8 Å². The summed E-state index contributed by atoms with van der Waals surface area (Å²) >= 11 is 1.55. The molecule has 1 amide bonds. The fraction of sp³-hybridized carbons (Fsp3) is 0.643. The molecule has 1 aromatic rings. The number of hydrogen-bond donors (Lipinski definition) is 1. The van der Waals surface area contributed by atoms with Crippen LogP contribution in [0, 0.1) is 19.8 Å². The number of amides is 1. The highest BCUT2D eigenvalue weighted by molar-refractivity contribution is 7.98. The molecule has 1 aromatic heterocycles. The van der Waals surface area contributed by atoms with Gasteiger partial charge < -0.3 is 5.32 Å². The Hall–Kier alpha value is -1.10. The molecular weight excluding hydrogens is 258 g/mol. The lowest BCUT2D eigenvalue weighted by Gasteiger charge is -2.10. The molecule has 104 valence electrons. The van der Waals surface area contributed by atoms with E-state index in [2.05, 4.69) is 15.3 Å². The van der Waals surface area contributed by atoms with Crippen LogP contribution in [0.3, 0.4) is 0 Å². The zero-order valence-electron chi connectivity index (χ0n) is 11.8. The van der Waals surface area contributed by atoms with E-state index in [9.17, 15) is 4.79 Å². The lowest BCUT2D eigenvalue weighted by molar-refractivity contribution is -0.121. The van der Waals surface area contributed by atoms with Gasteiger partial charge in [-0.3, -0.25) is 4.79 Å². The van der Waals surface area contributed by atoms with Gasteiger partial charge in [-0.1, -0.05) is 11.8 Å². The van der Waals surface area contributed by atoms with Crippen molar-refractivity contribution in [3.05, 3.63) is 17.0 Å². The van der Waals surface area contributed by atoms with Gasteiger partial charge in [0.2, 0.25) is 5.91 Å². The van der Waals surface area contributed by atoms with Gasteiger partial charge in [-0.2, -0.15) is 0 Å². The third-order valence-corrected chi connectivity index (χ3v) is 4.02. The van der Waals surface area contributed by atoms with E-state index in [0.717, 1.165) is 41.0 Å². The lowest BCUT2D eigenvalue weighted by atomic mass is 10.1. The van der Waals surface area contributed by atoms with Crippen LogP contribution in [0.1, 0.15) is 36.2 Å². The normalized spacial score (nSPS) is 14.5. The predicted octanol–water partition coefficient (Wildman–Crippen LogP) is 2.27. The van der Waals surface area contributed by atoms with Crippen LogP contribution in [0.4, 0.5) is 0 Å². The zero-order chi connectivity index (χ0) is 13.8. The van der Waals surface area contributed by atoms with E-state index in [-0.39, 0.29) is 5.91 Å². The molecule has 0 atom stereocenters. The monoisotopic (exact) mass is 279 g/mol. The van der Waals surface area contributed by atoms with Gasteiger partial charge in [-0.25, -0.2) is 9.97 Å². The Labute approximate surface area is 118 Å². The third-order valence-electron chi connectivity index (χ3n) is 3.47. The zero-order valence-corrected chi connectivity index (χ0v) is 12.6. The van der Waals surface area contributed by atoms with Crippen molar-refractivity contribution in [2.45, 2.75) is 44.7 Å². The molecule has 0 saturated heterocycles. The number of carbonyl (C=O) groups excluding carboxylic acids is 1. The molecule has 2 rings (SSSR count). The highest BCUT2D eigenvalue weighted by Gasteiger charge is 2.21. The van der Waals surface area contributed by atoms with Gasteiger partial charge in [0, 0.05) is 24.4 Å². The second kappa shape index (κ2) is 6.37. The Morgan fingerprint density at radius 2 is 1.95 bits per heavy atom. The van der Waals surface area contributed by atoms with Gasteiger partial charge in [0.25, 0.3) is 0 Å². The van der Waals surface area contributed by atoms with Gasteiger partial charge in [-0.15, -0.1) is 0 Å². The summed E-state index contributed by atoms with van der Waals surface area (Å²) in [5.74, 6) is 0.872. The largest absolute Gasteiger partial charge is 0.356 e. The first kappa shape index (κ1) is 14.3. The highest BCUT2D eigenvalue weighted by atomic mass is 32.2. The van der Waals surface area contributed by atoms with Crippen LogP contribution in [0.25, 0.3) is 0 Å². The maximum Gasteiger partial charge on any atom is 0.220 e. The molecule has 1 saturated carbocycles. The summed E-state index contributed by atoms with van der Waals surface area (Å²) in [6.45, 7) is 4.83. The first-order valence-electron chi connectivity index (χ1n) is 6.75. The standard InChI is InChI=1S/C14H21N3OS/c1-9-12(10(2)17-14(16-9)19-3)6-7-13(18)15-8-11-4-5-11/h11H,4-8H2,1-3H3,(H,15,18). The highest BCUT2D eigenvalue weighted by Crippen LogP contribution is 2.27. The number of carbonyl (C=O) groups is 1. The molecule has 0 spiro atoms. The number of thioether (sulfide) groups is 1. The minimum atomic E-state index is 0.139. The molecule has 5 heteroatoms. The van der Waals surface area contributed by atoms with Gasteiger partial charge in [-0.05, 0) is 50.8 Å². The number of nitrogens with zero attached hydrogens (tertiary/aromatic N) is 2. The molecule has 1 aliphatic carbocycles. The molecular formula is C14H21N3OS. The van der Waals surface area contributed by atoms with Crippen LogP contribution in [0.5, 0.6) is 0 Å². The molecule has 0 aliphatic heterocycles. The quantitative estimate of drug-likeness (QED) is 0.641. The average Bonchev–Trinajstić information content (AvgIpc) is 3.19. The lowest BCUT2D eigenvalue weighted by Crippen LogP contribution is -2.25. The molecule has 4 nitrogen and oxygen atoms in total. The Balaban J connectivity index is 1.89. The molecule has 0 aromatic carbocycles. The van der Waals surface area contributed by atoms with Crippen molar-refractivity contribution < 1.29 is 4.79 Å². The first-order valence-corrected chi connectivity index (χ1v) is 7.97. The average molecular weight is 279 g/mol. The summed E-state index contributed by atoms with van der Waals surface area (Å²) in [7, 11) is 0. The Bertz CT molecular complexity index is 449. The van der Waals surface area contributed by atoms with Crippen molar-refractivity contribution in [3.63, 3.8) is 0 Å². The molecule has 0 bridgehead atoms. The summed E-state index contributed by atoms with van der Waals surface area (Å²) in [4.78, 5) is 20.6. The van der Waals surface area contributed by atoms with E-state index >= 15 is 0 Å². The van der Waals surface area contributed by atoms with Gasteiger partial charge in [0.1, 0.15) is 0 Å². The number of aryl methyl sites for hydroxylation is 2. The summed E-state index contributed by atoms with van der Waals surface area (Å²) in [5, 5.41) is 3.80. The number of aromatic nitrogens is 2. The van der Waals surface area contributed by atoms with E-state index in [1.807, 2.05) is 20.1 Å². The van der Waals surface area contributed by atoms with Crippen LogP contribution in [-0.2, 0) is 11.2 Å². The first-order chi connectivity index (χ1) is 9.10. The van der Waals surface area contributed by atoms with Crippen LogP contribution in [-0.4, -0.2) is 28.7 Å². The van der Waals surface area contributed by atoms with E-state index in [4.69, 9.17) is 0 Å².